The van der Waals surface area contributed by atoms with Gasteiger partial charge in [-0.3, -0.25) is 4.68 Å². The third-order valence-electron chi connectivity index (χ3n) is 2.37. The van der Waals surface area contributed by atoms with Crippen LogP contribution in [0.3, 0.4) is 0 Å². The standard InChI is InChI=1S/C10H12FN5O2S/c11-8-1-2-10(9(12)7-8)19(17,18)14-4-6-16-5-3-13-15-16/h1-3,5,7,14H,4,6,12H2. The number of nitrogen functional groups attached to an aromatic ring is 1. The molecule has 0 radical (unpaired) electrons. The van der Waals surface area contributed by atoms with E-state index in [1.54, 1.807) is 6.20 Å². The van der Waals surface area contributed by atoms with E-state index >= 15 is 0 Å². The van der Waals surface area contributed by atoms with Gasteiger partial charge in [-0.1, -0.05) is 5.21 Å². The van der Waals surface area contributed by atoms with Gasteiger partial charge in [-0.25, -0.2) is 17.5 Å². The highest BCUT2D eigenvalue weighted by molar-refractivity contribution is 7.89. The molecule has 3 N–H and O–H groups in total. The van der Waals surface area contributed by atoms with Crippen molar-refractivity contribution >= 4 is 15.7 Å². The molecule has 0 amide bonds. The molecule has 0 aliphatic carbocycles. The Bertz CT molecular complexity index is 657. The Morgan fingerprint density at radius 2 is 2.21 bits per heavy atom. The van der Waals surface area contributed by atoms with Gasteiger partial charge in [0.05, 0.1) is 18.4 Å². The van der Waals surface area contributed by atoms with Crippen LogP contribution in [0, 0.1) is 5.82 Å². The van der Waals surface area contributed by atoms with Gasteiger partial charge in [0.15, 0.2) is 0 Å². The zero-order valence-corrected chi connectivity index (χ0v) is 10.6. The molecule has 0 atom stereocenters. The van der Waals surface area contributed by atoms with Gasteiger partial charge in [-0.05, 0) is 18.2 Å². The van der Waals surface area contributed by atoms with E-state index in [0.717, 1.165) is 18.2 Å². The summed E-state index contributed by atoms with van der Waals surface area (Å²) in [6, 6.07) is 3.14. The number of anilines is 1. The number of hydrogen-bond donors (Lipinski definition) is 2. The molecule has 0 unspecified atom stereocenters. The van der Waals surface area contributed by atoms with Crippen LogP contribution in [0.15, 0.2) is 35.5 Å². The first-order chi connectivity index (χ1) is 8.99. The number of aromatic nitrogens is 3. The summed E-state index contributed by atoms with van der Waals surface area (Å²) < 4.78 is 40.6. The molecule has 0 saturated heterocycles. The van der Waals surface area contributed by atoms with Crippen molar-refractivity contribution in [2.75, 3.05) is 12.3 Å². The maximum atomic E-state index is 12.9. The van der Waals surface area contributed by atoms with E-state index in [0.29, 0.717) is 6.54 Å². The summed E-state index contributed by atoms with van der Waals surface area (Å²) in [4.78, 5) is -0.146. The van der Waals surface area contributed by atoms with E-state index < -0.39 is 15.8 Å². The predicted molar refractivity (Wildman–Crippen MR) is 66.0 cm³/mol. The highest BCUT2D eigenvalue weighted by Crippen LogP contribution is 2.18. The minimum Gasteiger partial charge on any atom is -0.398 e. The van der Waals surface area contributed by atoms with E-state index in [9.17, 15) is 12.8 Å². The zero-order chi connectivity index (χ0) is 13.9. The first kappa shape index (κ1) is 13.4. The molecule has 0 aliphatic heterocycles. The second-order valence-electron chi connectivity index (χ2n) is 3.75. The third-order valence-corrected chi connectivity index (χ3v) is 3.90. The summed E-state index contributed by atoms with van der Waals surface area (Å²) in [5.41, 5.74) is 5.36. The van der Waals surface area contributed by atoms with Crippen LogP contribution < -0.4 is 10.5 Å². The van der Waals surface area contributed by atoms with Gasteiger partial charge in [0.2, 0.25) is 10.0 Å². The summed E-state index contributed by atoms with van der Waals surface area (Å²) in [5.74, 6) is -0.584. The van der Waals surface area contributed by atoms with Gasteiger partial charge in [0.1, 0.15) is 10.7 Å². The first-order valence-electron chi connectivity index (χ1n) is 5.38. The predicted octanol–water partition coefficient (Wildman–Crippen LogP) is -0.0221. The van der Waals surface area contributed by atoms with Crippen LogP contribution in [-0.2, 0) is 16.6 Å². The van der Waals surface area contributed by atoms with Crippen LogP contribution in [0.1, 0.15) is 0 Å². The van der Waals surface area contributed by atoms with Crippen LogP contribution in [0.4, 0.5) is 10.1 Å². The lowest BCUT2D eigenvalue weighted by molar-refractivity contribution is 0.553. The highest BCUT2D eigenvalue weighted by Gasteiger charge is 2.17. The van der Waals surface area contributed by atoms with Crippen molar-refractivity contribution < 1.29 is 12.8 Å². The van der Waals surface area contributed by atoms with E-state index in [1.807, 2.05) is 0 Å². The lowest BCUT2D eigenvalue weighted by Gasteiger charge is -2.08. The van der Waals surface area contributed by atoms with Crippen molar-refractivity contribution in [1.82, 2.24) is 19.7 Å². The van der Waals surface area contributed by atoms with Crippen LogP contribution in [0.5, 0.6) is 0 Å². The van der Waals surface area contributed by atoms with Crippen LogP contribution in [-0.4, -0.2) is 30.0 Å². The molecule has 1 aromatic carbocycles. The van der Waals surface area contributed by atoms with Crippen LogP contribution in [0.2, 0.25) is 0 Å². The largest absolute Gasteiger partial charge is 0.398 e. The number of nitrogens with two attached hydrogens (primary N) is 1. The van der Waals surface area contributed by atoms with Crippen molar-refractivity contribution in [2.45, 2.75) is 11.4 Å². The summed E-state index contributed by atoms with van der Waals surface area (Å²) >= 11 is 0. The minimum absolute atomic E-state index is 0.127. The Kier molecular flexibility index (Phi) is 3.76. The van der Waals surface area contributed by atoms with Crippen molar-refractivity contribution in [1.29, 1.82) is 0 Å². The van der Waals surface area contributed by atoms with Crippen molar-refractivity contribution in [2.24, 2.45) is 0 Å². The lowest BCUT2D eigenvalue weighted by atomic mass is 10.3. The zero-order valence-electron chi connectivity index (χ0n) is 9.82. The average Bonchev–Trinajstić information content (AvgIpc) is 2.81. The van der Waals surface area contributed by atoms with Crippen LogP contribution in [0.25, 0.3) is 0 Å². The Balaban J connectivity index is 2.05. The molecule has 102 valence electrons. The first-order valence-corrected chi connectivity index (χ1v) is 6.86. The third kappa shape index (κ3) is 3.26. The number of nitrogens with zero attached hydrogens (tertiary/aromatic N) is 3. The fraction of sp³-hybridized carbons (Fsp3) is 0.200. The molecule has 1 heterocycles. The maximum absolute atomic E-state index is 12.9. The summed E-state index contributed by atoms with van der Waals surface area (Å²) in [6.07, 6.45) is 3.10. The second-order valence-corrected chi connectivity index (χ2v) is 5.48. The molecule has 7 nitrogen and oxygen atoms in total. The fourth-order valence-electron chi connectivity index (χ4n) is 1.49. The quantitative estimate of drug-likeness (QED) is 0.751. The van der Waals surface area contributed by atoms with E-state index in [1.165, 1.54) is 10.9 Å². The highest BCUT2D eigenvalue weighted by atomic mass is 32.2. The molecule has 0 saturated carbocycles. The van der Waals surface area contributed by atoms with Crippen molar-refractivity contribution in [3.8, 4) is 0 Å². The maximum Gasteiger partial charge on any atom is 0.242 e. The van der Waals surface area contributed by atoms with Gasteiger partial charge < -0.3 is 5.73 Å². The van der Waals surface area contributed by atoms with E-state index in [2.05, 4.69) is 15.0 Å². The number of sulfonamides is 1. The molecule has 2 aromatic rings. The molecule has 1 aromatic heterocycles. The summed E-state index contributed by atoms with van der Waals surface area (Å²) in [5, 5.41) is 7.29. The van der Waals surface area contributed by atoms with Gasteiger partial charge >= 0.3 is 0 Å². The summed E-state index contributed by atoms with van der Waals surface area (Å²) in [6.45, 7) is 0.461. The normalized spacial score (nSPS) is 11.6. The molecule has 0 aliphatic rings. The molecule has 2 rings (SSSR count). The monoisotopic (exact) mass is 285 g/mol. The number of rotatable bonds is 5. The molecular formula is C10H12FN5O2S. The number of nitrogens with one attached hydrogen (secondary N) is 1. The fourth-order valence-corrected chi connectivity index (χ4v) is 2.62. The topological polar surface area (TPSA) is 103 Å². The summed E-state index contributed by atoms with van der Waals surface area (Å²) in [7, 11) is -3.76. The molecule has 0 spiro atoms. The molecule has 0 fully saturated rings. The average molecular weight is 285 g/mol. The Labute approximate surface area is 109 Å². The lowest BCUT2D eigenvalue weighted by Crippen LogP contribution is -2.28. The number of halogens is 1. The van der Waals surface area contributed by atoms with Crippen molar-refractivity contribution in [3.63, 3.8) is 0 Å². The molecular weight excluding hydrogens is 273 g/mol. The minimum atomic E-state index is -3.76. The van der Waals surface area contributed by atoms with E-state index in [-0.39, 0.29) is 17.1 Å². The Morgan fingerprint density at radius 3 is 2.84 bits per heavy atom. The number of hydrogen-bond acceptors (Lipinski definition) is 5. The van der Waals surface area contributed by atoms with E-state index in [4.69, 9.17) is 5.73 Å². The Hall–Kier alpha value is -2.00. The van der Waals surface area contributed by atoms with Crippen LogP contribution >= 0.6 is 0 Å². The van der Waals surface area contributed by atoms with Gasteiger partial charge in [-0.15, -0.1) is 5.10 Å². The van der Waals surface area contributed by atoms with Gasteiger partial charge in [-0.2, -0.15) is 0 Å². The molecule has 19 heavy (non-hydrogen) atoms. The molecule has 0 bridgehead atoms. The van der Waals surface area contributed by atoms with Gasteiger partial charge in [0, 0.05) is 12.7 Å². The van der Waals surface area contributed by atoms with Crippen molar-refractivity contribution in [3.05, 3.63) is 36.4 Å². The second kappa shape index (κ2) is 5.33. The van der Waals surface area contributed by atoms with Gasteiger partial charge in [0.25, 0.3) is 0 Å². The smallest absolute Gasteiger partial charge is 0.242 e. The SMILES string of the molecule is Nc1cc(F)ccc1S(=O)(=O)NCCn1ccnn1. The number of benzene rings is 1. The molecule has 9 heteroatoms. The Morgan fingerprint density at radius 1 is 1.42 bits per heavy atom.